The van der Waals surface area contributed by atoms with Crippen molar-refractivity contribution in [3.63, 3.8) is 0 Å². The molecule has 0 spiro atoms. The van der Waals surface area contributed by atoms with E-state index >= 15 is 0 Å². The maximum Gasteiger partial charge on any atom is 0.331 e. The fraction of sp³-hybridized carbons (Fsp3) is 0.353. The summed E-state index contributed by atoms with van der Waals surface area (Å²) in [4.78, 5) is 34.1. The van der Waals surface area contributed by atoms with Crippen molar-refractivity contribution in [2.75, 3.05) is 18.5 Å². The highest BCUT2D eigenvalue weighted by Gasteiger charge is 2.03. The van der Waals surface area contributed by atoms with Gasteiger partial charge in [0.2, 0.25) is 0 Å². The van der Waals surface area contributed by atoms with Crippen LogP contribution in [0.5, 0.6) is 0 Å². The number of benzene rings is 1. The van der Waals surface area contributed by atoms with Crippen molar-refractivity contribution < 1.29 is 23.9 Å². The van der Waals surface area contributed by atoms with E-state index in [4.69, 9.17) is 9.47 Å². The first-order chi connectivity index (χ1) is 11.5. The van der Waals surface area contributed by atoms with E-state index in [2.05, 4.69) is 10.6 Å². The minimum Gasteiger partial charge on any atom is -0.462 e. The average Bonchev–Trinajstić information content (AvgIpc) is 2.53. The molecule has 2 amide bonds. The van der Waals surface area contributed by atoms with Crippen LogP contribution in [-0.2, 0) is 19.1 Å². The Kier molecular flexibility index (Phi) is 8.67. The van der Waals surface area contributed by atoms with Gasteiger partial charge in [0.25, 0.3) is 0 Å². The van der Waals surface area contributed by atoms with Crippen LogP contribution in [0.4, 0.5) is 10.5 Å². The van der Waals surface area contributed by atoms with Gasteiger partial charge >= 0.3 is 18.0 Å². The number of ether oxygens (including phenoxy) is 2. The number of esters is 2. The molecule has 0 saturated carbocycles. The maximum absolute atomic E-state index is 11.6. The number of hydrogen-bond acceptors (Lipinski definition) is 5. The standard InChI is InChI=1S/C17H22N2O5/c1-13(2)24-16(21)10-9-15(20)23-12-6-11-18-17(22)19-14-7-4-3-5-8-14/h3-5,7-10,13H,6,11-12H2,1-2H3,(H2,18,19,22)/b10-9+. The first kappa shape index (κ1) is 19.2. The Morgan fingerprint density at radius 2 is 1.75 bits per heavy atom. The van der Waals surface area contributed by atoms with Gasteiger partial charge in [-0.3, -0.25) is 0 Å². The van der Waals surface area contributed by atoms with Gasteiger partial charge in [0.05, 0.1) is 12.7 Å². The topological polar surface area (TPSA) is 93.7 Å². The van der Waals surface area contributed by atoms with E-state index in [1.165, 1.54) is 0 Å². The molecule has 24 heavy (non-hydrogen) atoms. The van der Waals surface area contributed by atoms with Crippen molar-refractivity contribution in [3.05, 3.63) is 42.5 Å². The smallest absolute Gasteiger partial charge is 0.331 e. The van der Waals surface area contributed by atoms with E-state index in [1.807, 2.05) is 18.2 Å². The third kappa shape index (κ3) is 9.24. The molecule has 0 heterocycles. The van der Waals surface area contributed by atoms with Gasteiger partial charge in [0.15, 0.2) is 0 Å². The van der Waals surface area contributed by atoms with E-state index < -0.39 is 11.9 Å². The summed E-state index contributed by atoms with van der Waals surface area (Å²) in [6, 6.07) is 8.72. The van der Waals surface area contributed by atoms with Gasteiger partial charge in [-0.05, 0) is 32.4 Å². The van der Waals surface area contributed by atoms with Crippen molar-refractivity contribution in [2.24, 2.45) is 0 Å². The summed E-state index contributed by atoms with van der Waals surface area (Å²) in [7, 11) is 0. The zero-order chi connectivity index (χ0) is 17.8. The molecular weight excluding hydrogens is 312 g/mol. The highest BCUT2D eigenvalue weighted by atomic mass is 16.5. The molecule has 0 atom stereocenters. The van der Waals surface area contributed by atoms with Crippen molar-refractivity contribution in [2.45, 2.75) is 26.4 Å². The van der Waals surface area contributed by atoms with Crippen LogP contribution in [0.3, 0.4) is 0 Å². The fourth-order valence-corrected chi connectivity index (χ4v) is 1.60. The second-order valence-electron chi connectivity index (χ2n) is 5.09. The van der Waals surface area contributed by atoms with Crippen LogP contribution in [0.2, 0.25) is 0 Å². The number of nitrogens with one attached hydrogen (secondary N) is 2. The van der Waals surface area contributed by atoms with Crippen LogP contribution in [0, 0.1) is 0 Å². The Morgan fingerprint density at radius 3 is 2.42 bits per heavy atom. The van der Waals surface area contributed by atoms with Crippen molar-refractivity contribution in [1.82, 2.24) is 5.32 Å². The molecule has 0 aromatic heterocycles. The van der Waals surface area contributed by atoms with E-state index in [0.717, 1.165) is 12.2 Å². The summed E-state index contributed by atoms with van der Waals surface area (Å²) in [5.74, 6) is -1.23. The molecule has 1 aromatic carbocycles. The molecule has 0 aliphatic heterocycles. The molecule has 1 rings (SSSR count). The number of anilines is 1. The predicted octanol–water partition coefficient (Wildman–Crippen LogP) is 2.25. The third-order valence-electron chi connectivity index (χ3n) is 2.59. The summed E-state index contributed by atoms with van der Waals surface area (Å²) in [6.07, 6.45) is 2.25. The van der Waals surface area contributed by atoms with E-state index in [9.17, 15) is 14.4 Å². The molecule has 0 saturated heterocycles. The average molecular weight is 334 g/mol. The summed E-state index contributed by atoms with van der Waals surface area (Å²) < 4.78 is 9.72. The molecule has 0 unspecified atom stereocenters. The molecule has 1 aromatic rings. The summed E-state index contributed by atoms with van der Waals surface area (Å²) in [5.41, 5.74) is 0.694. The van der Waals surface area contributed by atoms with Crippen LogP contribution in [0.25, 0.3) is 0 Å². The minimum absolute atomic E-state index is 0.133. The number of urea groups is 1. The summed E-state index contributed by atoms with van der Waals surface area (Å²) >= 11 is 0. The third-order valence-corrected chi connectivity index (χ3v) is 2.59. The first-order valence-corrected chi connectivity index (χ1v) is 7.62. The first-order valence-electron chi connectivity index (χ1n) is 7.62. The lowest BCUT2D eigenvalue weighted by atomic mass is 10.3. The van der Waals surface area contributed by atoms with Gasteiger partial charge in [-0.25, -0.2) is 14.4 Å². The SMILES string of the molecule is CC(C)OC(=O)/C=C/C(=O)OCCCNC(=O)Nc1ccccc1. The summed E-state index contributed by atoms with van der Waals surface area (Å²) in [5, 5.41) is 5.31. The Hall–Kier alpha value is -2.83. The molecule has 7 nitrogen and oxygen atoms in total. The molecular formula is C17H22N2O5. The Balaban J connectivity index is 2.11. The highest BCUT2D eigenvalue weighted by molar-refractivity contribution is 5.91. The number of carbonyl (C=O) groups is 3. The largest absolute Gasteiger partial charge is 0.462 e. The quantitative estimate of drug-likeness (QED) is 0.432. The fourth-order valence-electron chi connectivity index (χ4n) is 1.60. The summed E-state index contributed by atoms with van der Waals surface area (Å²) in [6.45, 7) is 3.91. The Morgan fingerprint density at radius 1 is 1.08 bits per heavy atom. The van der Waals surface area contributed by atoms with Gasteiger partial charge in [0, 0.05) is 24.4 Å². The van der Waals surface area contributed by atoms with Gasteiger partial charge in [-0.1, -0.05) is 18.2 Å². The number of rotatable bonds is 8. The highest BCUT2D eigenvalue weighted by Crippen LogP contribution is 2.03. The molecule has 7 heteroatoms. The van der Waals surface area contributed by atoms with E-state index in [0.29, 0.717) is 18.7 Å². The lowest BCUT2D eigenvalue weighted by molar-refractivity contribution is -0.142. The van der Waals surface area contributed by atoms with Gasteiger partial charge in [-0.2, -0.15) is 0 Å². The number of amides is 2. The normalized spacial score (nSPS) is 10.5. The van der Waals surface area contributed by atoms with E-state index in [-0.39, 0.29) is 18.7 Å². The molecule has 130 valence electrons. The number of para-hydroxylation sites is 1. The maximum atomic E-state index is 11.6. The van der Waals surface area contributed by atoms with Crippen LogP contribution in [0.15, 0.2) is 42.5 Å². The van der Waals surface area contributed by atoms with Crippen LogP contribution >= 0.6 is 0 Å². The van der Waals surface area contributed by atoms with Crippen molar-refractivity contribution in [1.29, 1.82) is 0 Å². The minimum atomic E-state index is -0.635. The predicted molar refractivity (Wildman–Crippen MR) is 89.4 cm³/mol. The van der Waals surface area contributed by atoms with Gasteiger partial charge in [-0.15, -0.1) is 0 Å². The zero-order valence-electron chi connectivity index (χ0n) is 13.8. The number of carbonyl (C=O) groups excluding carboxylic acids is 3. The lowest BCUT2D eigenvalue weighted by Crippen LogP contribution is -2.30. The lowest BCUT2D eigenvalue weighted by Gasteiger charge is -2.07. The van der Waals surface area contributed by atoms with Crippen LogP contribution < -0.4 is 10.6 Å². The molecule has 0 bridgehead atoms. The molecule has 2 N–H and O–H groups in total. The molecule has 0 radical (unpaired) electrons. The van der Waals surface area contributed by atoms with Crippen LogP contribution in [0.1, 0.15) is 20.3 Å². The molecule has 0 fully saturated rings. The Labute approximate surface area is 141 Å². The van der Waals surface area contributed by atoms with Gasteiger partial charge in [0.1, 0.15) is 0 Å². The molecule has 0 aliphatic rings. The monoisotopic (exact) mass is 334 g/mol. The second kappa shape index (κ2) is 10.8. The zero-order valence-corrected chi connectivity index (χ0v) is 13.8. The molecule has 0 aliphatic carbocycles. The Bertz CT molecular complexity index is 570. The van der Waals surface area contributed by atoms with Crippen molar-refractivity contribution >= 4 is 23.7 Å². The van der Waals surface area contributed by atoms with E-state index in [1.54, 1.807) is 26.0 Å². The number of hydrogen-bond donors (Lipinski definition) is 2. The second-order valence-corrected chi connectivity index (χ2v) is 5.09. The van der Waals surface area contributed by atoms with Gasteiger partial charge < -0.3 is 20.1 Å². The van der Waals surface area contributed by atoms with Crippen LogP contribution in [-0.4, -0.2) is 37.2 Å². The van der Waals surface area contributed by atoms with Crippen molar-refractivity contribution in [3.8, 4) is 0 Å².